The van der Waals surface area contributed by atoms with Gasteiger partial charge in [-0.2, -0.15) is 5.10 Å². The van der Waals surface area contributed by atoms with Crippen molar-refractivity contribution in [2.45, 2.75) is 38.6 Å². The number of aryl methyl sites for hydroxylation is 1. The zero-order chi connectivity index (χ0) is 15.0. The monoisotopic (exact) mass is 292 g/mol. The number of aliphatic carboxylic acids is 1. The van der Waals surface area contributed by atoms with Crippen molar-refractivity contribution in [3.8, 4) is 0 Å². The number of hydrogen-bond acceptors (Lipinski definition) is 3. The van der Waals surface area contributed by atoms with E-state index in [1.165, 1.54) is 0 Å². The molecule has 2 amide bonds. The summed E-state index contributed by atoms with van der Waals surface area (Å²) in [4.78, 5) is 25.2. The van der Waals surface area contributed by atoms with Crippen LogP contribution in [0.1, 0.15) is 43.5 Å². The highest BCUT2D eigenvalue weighted by Crippen LogP contribution is 2.31. The van der Waals surface area contributed by atoms with E-state index >= 15 is 0 Å². The number of carbonyl (C=O) groups excluding carboxylic acids is 1. The van der Waals surface area contributed by atoms with Crippen molar-refractivity contribution in [3.63, 3.8) is 0 Å². The van der Waals surface area contributed by atoms with Gasteiger partial charge in [-0.1, -0.05) is 0 Å². The van der Waals surface area contributed by atoms with Gasteiger partial charge in [0, 0.05) is 13.1 Å². The Morgan fingerprint density at radius 1 is 1.57 bits per heavy atom. The molecule has 2 heterocycles. The molecule has 21 heavy (non-hydrogen) atoms. The summed E-state index contributed by atoms with van der Waals surface area (Å²) in [5.41, 5.74) is 1.31. The van der Waals surface area contributed by atoms with Crippen LogP contribution in [-0.4, -0.2) is 45.3 Å². The van der Waals surface area contributed by atoms with Crippen LogP contribution in [0.2, 0.25) is 0 Å². The Morgan fingerprint density at radius 3 is 3.10 bits per heavy atom. The van der Waals surface area contributed by atoms with Crippen LogP contribution in [0.15, 0.2) is 6.20 Å². The third-order valence-electron chi connectivity index (χ3n) is 4.61. The van der Waals surface area contributed by atoms with E-state index in [1.54, 1.807) is 11.8 Å². The molecular formula is C14H20N4O3. The number of hydrogen-bond donors (Lipinski definition) is 3. The van der Waals surface area contributed by atoms with Gasteiger partial charge in [0.2, 0.25) is 0 Å². The van der Waals surface area contributed by atoms with Crippen molar-refractivity contribution < 1.29 is 14.7 Å². The fourth-order valence-corrected chi connectivity index (χ4v) is 3.16. The van der Waals surface area contributed by atoms with Crippen LogP contribution in [0.4, 0.5) is 4.79 Å². The zero-order valence-corrected chi connectivity index (χ0v) is 12.1. The smallest absolute Gasteiger partial charge is 0.317 e. The van der Waals surface area contributed by atoms with E-state index < -0.39 is 11.4 Å². The quantitative estimate of drug-likeness (QED) is 0.765. The number of rotatable bonds is 2. The number of carbonyl (C=O) groups is 2. The van der Waals surface area contributed by atoms with Crippen LogP contribution in [0.3, 0.4) is 0 Å². The average molecular weight is 292 g/mol. The number of aromatic amines is 1. The highest BCUT2D eigenvalue weighted by Gasteiger charge is 2.42. The largest absolute Gasteiger partial charge is 0.481 e. The second-order valence-electron chi connectivity index (χ2n) is 6.24. The van der Waals surface area contributed by atoms with Crippen LogP contribution < -0.4 is 5.32 Å². The van der Waals surface area contributed by atoms with Crippen LogP contribution in [0.25, 0.3) is 0 Å². The Morgan fingerprint density at radius 2 is 2.38 bits per heavy atom. The lowest BCUT2D eigenvalue weighted by atomic mass is 9.90. The zero-order valence-electron chi connectivity index (χ0n) is 12.1. The third kappa shape index (κ3) is 2.48. The van der Waals surface area contributed by atoms with Gasteiger partial charge < -0.3 is 15.3 Å². The average Bonchev–Trinajstić information content (AvgIpc) is 3.06. The Bertz CT molecular complexity index is 570. The van der Waals surface area contributed by atoms with Crippen LogP contribution >= 0.6 is 0 Å². The molecule has 3 rings (SSSR count). The number of nitrogens with zero attached hydrogens (tertiary/aromatic N) is 2. The predicted octanol–water partition coefficient (Wildman–Crippen LogP) is 1.29. The first-order valence-electron chi connectivity index (χ1n) is 7.30. The molecule has 0 aromatic carbocycles. The number of carboxylic acid groups (broad SMARTS) is 1. The normalized spacial score (nSPS) is 28.2. The van der Waals surface area contributed by atoms with Gasteiger partial charge in [-0.25, -0.2) is 4.79 Å². The third-order valence-corrected chi connectivity index (χ3v) is 4.61. The molecule has 114 valence electrons. The molecule has 0 bridgehead atoms. The molecule has 2 aliphatic rings. The minimum atomic E-state index is -0.841. The first-order valence-corrected chi connectivity index (χ1v) is 7.30. The Hall–Kier alpha value is -2.05. The number of H-pyrrole nitrogens is 1. The summed E-state index contributed by atoms with van der Waals surface area (Å²) in [6.45, 7) is 2.43. The Balaban J connectivity index is 1.65. The molecule has 0 radical (unpaired) electrons. The molecule has 1 aliphatic carbocycles. The number of likely N-dealkylation sites (tertiary alicyclic amines) is 1. The van der Waals surface area contributed by atoms with Crippen molar-refractivity contribution in [3.05, 3.63) is 17.5 Å². The van der Waals surface area contributed by atoms with E-state index in [0.29, 0.717) is 13.0 Å². The summed E-state index contributed by atoms with van der Waals surface area (Å²) < 4.78 is 0. The molecule has 1 fully saturated rings. The van der Waals surface area contributed by atoms with Gasteiger partial charge in [-0.15, -0.1) is 0 Å². The first-order chi connectivity index (χ1) is 9.99. The molecule has 3 N–H and O–H groups in total. The highest BCUT2D eigenvalue weighted by molar-refractivity contribution is 5.79. The number of urea groups is 1. The SMILES string of the molecule is CC1(C(=O)O)CCN(C(=O)NC2CCCc3cn[nH]c32)C1. The molecule has 1 saturated heterocycles. The van der Waals surface area contributed by atoms with Gasteiger partial charge >= 0.3 is 12.0 Å². The van der Waals surface area contributed by atoms with Crippen LogP contribution in [0.5, 0.6) is 0 Å². The minimum absolute atomic E-state index is 0.0552. The number of aromatic nitrogens is 2. The van der Waals surface area contributed by atoms with Gasteiger partial charge in [0.05, 0.1) is 23.3 Å². The van der Waals surface area contributed by atoms with Crippen LogP contribution in [-0.2, 0) is 11.2 Å². The molecule has 2 atom stereocenters. The van der Waals surface area contributed by atoms with E-state index in [2.05, 4.69) is 15.5 Å². The lowest BCUT2D eigenvalue weighted by molar-refractivity contribution is -0.147. The van der Waals surface area contributed by atoms with Crippen molar-refractivity contribution >= 4 is 12.0 Å². The topological polar surface area (TPSA) is 98.3 Å². The maximum Gasteiger partial charge on any atom is 0.317 e. The van der Waals surface area contributed by atoms with Crippen LogP contribution in [0, 0.1) is 5.41 Å². The Kier molecular flexibility index (Phi) is 3.35. The van der Waals surface area contributed by atoms with E-state index in [-0.39, 0.29) is 18.6 Å². The van der Waals surface area contributed by atoms with E-state index in [9.17, 15) is 14.7 Å². The number of amides is 2. The summed E-state index contributed by atoms with van der Waals surface area (Å²) >= 11 is 0. The summed E-state index contributed by atoms with van der Waals surface area (Å²) in [6, 6.07) is -0.243. The van der Waals surface area contributed by atoms with E-state index in [4.69, 9.17) is 0 Å². The maximum absolute atomic E-state index is 12.3. The molecule has 1 aliphatic heterocycles. The first kappa shape index (κ1) is 13.9. The second-order valence-corrected chi connectivity index (χ2v) is 6.24. The van der Waals surface area contributed by atoms with Crippen molar-refractivity contribution in [1.29, 1.82) is 0 Å². The maximum atomic E-state index is 12.3. The van der Waals surface area contributed by atoms with Crippen molar-refractivity contribution in [2.75, 3.05) is 13.1 Å². The number of carboxylic acids is 1. The van der Waals surface area contributed by atoms with Crippen molar-refractivity contribution in [1.82, 2.24) is 20.4 Å². The standard InChI is InChI=1S/C14H20N4O3/c1-14(12(19)20)5-6-18(8-14)13(21)16-10-4-2-3-9-7-15-17-11(9)10/h7,10H,2-6,8H2,1H3,(H,15,17)(H,16,21)(H,19,20). The molecule has 7 heteroatoms. The molecule has 2 unspecified atom stereocenters. The fraction of sp³-hybridized carbons (Fsp3) is 0.643. The number of nitrogens with one attached hydrogen (secondary N) is 2. The Labute approximate surface area is 122 Å². The molecular weight excluding hydrogens is 272 g/mol. The molecule has 1 aromatic heterocycles. The molecule has 1 aromatic rings. The summed E-state index contributed by atoms with van der Waals surface area (Å²) in [5, 5.41) is 19.2. The summed E-state index contributed by atoms with van der Waals surface area (Å²) in [7, 11) is 0. The van der Waals surface area contributed by atoms with Crippen molar-refractivity contribution in [2.24, 2.45) is 5.41 Å². The predicted molar refractivity (Wildman–Crippen MR) is 74.7 cm³/mol. The van der Waals surface area contributed by atoms with E-state index in [0.717, 1.165) is 30.5 Å². The lowest BCUT2D eigenvalue weighted by Crippen LogP contribution is -2.43. The lowest BCUT2D eigenvalue weighted by Gasteiger charge is -2.26. The summed E-state index contributed by atoms with van der Waals surface area (Å²) in [5.74, 6) is -0.841. The minimum Gasteiger partial charge on any atom is -0.481 e. The summed E-state index contributed by atoms with van der Waals surface area (Å²) in [6.07, 6.45) is 5.19. The van der Waals surface area contributed by atoms with Gasteiger partial charge in [0.15, 0.2) is 0 Å². The van der Waals surface area contributed by atoms with Gasteiger partial charge in [-0.3, -0.25) is 9.89 Å². The highest BCUT2D eigenvalue weighted by atomic mass is 16.4. The number of fused-ring (bicyclic) bond motifs is 1. The molecule has 0 saturated carbocycles. The second kappa shape index (κ2) is 5.05. The van der Waals surface area contributed by atoms with Gasteiger partial charge in [-0.05, 0) is 38.2 Å². The molecule has 7 nitrogen and oxygen atoms in total. The van der Waals surface area contributed by atoms with E-state index in [1.807, 2.05) is 6.20 Å². The van der Waals surface area contributed by atoms with Gasteiger partial charge in [0.1, 0.15) is 0 Å². The molecule has 0 spiro atoms. The fourth-order valence-electron chi connectivity index (χ4n) is 3.16. The van der Waals surface area contributed by atoms with Gasteiger partial charge in [0.25, 0.3) is 0 Å².